The maximum atomic E-state index is 4.99. The lowest BCUT2D eigenvalue weighted by atomic mass is 9.98. The summed E-state index contributed by atoms with van der Waals surface area (Å²) >= 11 is 1.94. The number of hydrogen-bond donors (Lipinski definition) is 1. The Kier molecular flexibility index (Phi) is 6.30. The summed E-state index contributed by atoms with van der Waals surface area (Å²) in [5.41, 5.74) is 1.33. The summed E-state index contributed by atoms with van der Waals surface area (Å²) in [6.07, 6.45) is 8.80. The first-order valence-electron chi connectivity index (χ1n) is 8.21. The number of thiazole rings is 1. The molecular weight excluding hydrogens is 266 g/mol. The second-order valence-electron chi connectivity index (χ2n) is 5.73. The fraction of sp³-hybridized carbons (Fsp3) is 0.812. The minimum Gasteiger partial charge on any atom is -0.348 e. The fourth-order valence-corrected chi connectivity index (χ4v) is 4.04. The first-order valence-corrected chi connectivity index (χ1v) is 9.03. The summed E-state index contributed by atoms with van der Waals surface area (Å²) in [7, 11) is 2.06. The van der Waals surface area contributed by atoms with Gasteiger partial charge >= 0.3 is 0 Å². The van der Waals surface area contributed by atoms with Crippen LogP contribution in [0.15, 0.2) is 0 Å². The van der Waals surface area contributed by atoms with E-state index in [2.05, 4.69) is 31.1 Å². The van der Waals surface area contributed by atoms with Gasteiger partial charge in [0, 0.05) is 18.0 Å². The Balaban J connectivity index is 2.13. The van der Waals surface area contributed by atoms with E-state index < -0.39 is 0 Å². The van der Waals surface area contributed by atoms with Crippen molar-refractivity contribution in [1.29, 1.82) is 0 Å². The number of hydrogen-bond acceptors (Lipinski definition) is 4. The fourth-order valence-electron chi connectivity index (χ4n) is 2.82. The largest absolute Gasteiger partial charge is 0.348 e. The smallest absolute Gasteiger partial charge is 0.185 e. The van der Waals surface area contributed by atoms with Crippen LogP contribution in [0.5, 0.6) is 0 Å². The minimum absolute atomic E-state index is 0.475. The Morgan fingerprint density at radius 2 is 1.95 bits per heavy atom. The Bertz CT molecular complexity index is 394. The van der Waals surface area contributed by atoms with Crippen molar-refractivity contribution in [3.63, 3.8) is 0 Å². The van der Waals surface area contributed by atoms with Crippen LogP contribution in [0.3, 0.4) is 0 Å². The van der Waals surface area contributed by atoms with E-state index in [1.54, 1.807) is 0 Å². The Hall–Kier alpha value is -0.610. The van der Waals surface area contributed by atoms with Crippen LogP contribution in [0.4, 0.5) is 5.13 Å². The molecule has 0 aliphatic heterocycles. The highest BCUT2D eigenvalue weighted by Gasteiger charge is 2.24. The highest BCUT2D eigenvalue weighted by Crippen LogP contribution is 2.36. The van der Waals surface area contributed by atoms with Crippen molar-refractivity contribution in [2.75, 3.05) is 25.0 Å². The van der Waals surface area contributed by atoms with E-state index >= 15 is 0 Å². The van der Waals surface area contributed by atoms with E-state index in [1.807, 2.05) is 11.3 Å². The Morgan fingerprint density at radius 3 is 2.55 bits per heavy atom. The van der Waals surface area contributed by atoms with Crippen molar-refractivity contribution in [2.24, 2.45) is 0 Å². The van der Waals surface area contributed by atoms with Crippen molar-refractivity contribution in [2.45, 2.75) is 64.8 Å². The molecule has 1 aliphatic carbocycles. The zero-order chi connectivity index (χ0) is 14.4. The molecule has 1 aromatic rings. The van der Waals surface area contributed by atoms with Crippen molar-refractivity contribution < 1.29 is 0 Å². The van der Waals surface area contributed by atoms with Crippen molar-refractivity contribution in [1.82, 2.24) is 10.3 Å². The SMILES string of the molecule is CCCCN(CCCC)c1nc2c(s1)CCCC2NC. The number of rotatable bonds is 8. The Labute approximate surface area is 127 Å². The number of unbranched alkanes of at least 4 members (excludes halogenated alkanes) is 2. The molecule has 0 aromatic carbocycles. The van der Waals surface area contributed by atoms with Crippen LogP contribution in [-0.4, -0.2) is 25.1 Å². The van der Waals surface area contributed by atoms with Gasteiger partial charge in [0.2, 0.25) is 0 Å². The number of nitrogens with zero attached hydrogens (tertiary/aromatic N) is 2. The van der Waals surface area contributed by atoms with E-state index in [1.165, 1.54) is 60.6 Å². The monoisotopic (exact) mass is 295 g/mol. The molecule has 1 atom stereocenters. The summed E-state index contributed by atoms with van der Waals surface area (Å²) < 4.78 is 0. The summed E-state index contributed by atoms with van der Waals surface area (Å²) in [6, 6.07) is 0.475. The summed E-state index contributed by atoms with van der Waals surface area (Å²) in [4.78, 5) is 9.02. The average molecular weight is 295 g/mol. The molecule has 20 heavy (non-hydrogen) atoms. The van der Waals surface area contributed by atoms with Crippen LogP contribution < -0.4 is 10.2 Å². The van der Waals surface area contributed by atoms with Gasteiger partial charge in [-0.2, -0.15) is 0 Å². The first kappa shape index (κ1) is 15.8. The lowest BCUT2D eigenvalue weighted by Gasteiger charge is -2.21. The van der Waals surface area contributed by atoms with Gasteiger partial charge < -0.3 is 10.2 Å². The van der Waals surface area contributed by atoms with Gasteiger partial charge in [0.1, 0.15) is 0 Å². The third-order valence-electron chi connectivity index (χ3n) is 4.13. The van der Waals surface area contributed by atoms with Crippen LogP contribution in [0.1, 0.15) is 69.0 Å². The molecule has 0 fully saturated rings. The maximum Gasteiger partial charge on any atom is 0.185 e. The number of nitrogens with one attached hydrogen (secondary N) is 1. The normalized spacial score (nSPS) is 18.1. The molecule has 1 unspecified atom stereocenters. The molecule has 1 N–H and O–H groups in total. The second kappa shape index (κ2) is 7.99. The average Bonchev–Trinajstić information content (AvgIpc) is 2.91. The van der Waals surface area contributed by atoms with Crippen LogP contribution in [0.25, 0.3) is 0 Å². The van der Waals surface area contributed by atoms with Crippen molar-refractivity contribution in [3.05, 3.63) is 10.6 Å². The summed E-state index contributed by atoms with van der Waals surface area (Å²) in [6.45, 7) is 6.85. The molecule has 3 nitrogen and oxygen atoms in total. The minimum atomic E-state index is 0.475. The molecule has 1 heterocycles. The van der Waals surface area contributed by atoms with E-state index in [4.69, 9.17) is 4.98 Å². The third-order valence-corrected chi connectivity index (χ3v) is 5.32. The first-order chi connectivity index (χ1) is 9.80. The van der Waals surface area contributed by atoms with Gasteiger partial charge in [-0.3, -0.25) is 0 Å². The van der Waals surface area contributed by atoms with Crippen LogP contribution in [0, 0.1) is 0 Å². The third kappa shape index (κ3) is 3.73. The molecule has 1 aliphatic rings. The predicted octanol–water partition coefficient (Wildman–Crippen LogP) is 4.15. The molecule has 0 saturated carbocycles. The molecule has 0 radical (unpaired) electrons. The topological polar surface area (TPSA) is 28.2 Å². The molecule has 0 spiro atoms. The van der Waals surface area contributed by atoms with E-state index in [0.29, 0.717) is 6.04 Å². The molecule has 4 heteroatoms. The van der Waals surface area contributed by atoms with Gasteiger partial charge in [-0.25, -0.2) is 4.98 Å². The highest BCUT2D eigenvalue weighted by atomic mass is 32.1. The zero-order valence-electron chi connectivity index (χ0n) is 13.2. The maximum absolute atomic E-state index is 4.99. The van der Waals surface area contributed by atoms with Gasteiger partial charge in [0.05, 0.1) is 11.7 Å². The van der Waals surface area contributed by atoms with Crippen LogP contribution in [0.2, 0.25) is 0 Å². The predicted molar refractivity (Wildman–Crippen MR) is 88.9 cm³/mol. The van der Waals surface area contributed by atoms with Gasteiger partial charge in [0.15, 0.2) is 5.13 Å². The number of anilines is 1. The zero-order valence-corrected chi connectivity index (χ0v) is 14.1. The number of aryl methyl sites for hydroxylation is 1. The molecule has 114 valence electrons. The van der Waals surface area contributed by atoms with E-state index in [-0.39, 0.29) is 0 Å². The van der Waals surface area contributed by atoms with E-state index in [0.717, 1.165) is 13.1 Å². The van der Waals surface area contributed by atoms with Crippen molar-refractivity contribution >= 4 is 16.5 Å². The molecule has 0 amide bonds. The molecule has 1 aromatic heterocycles. The van der Waals surface area contributed by atoms with Crippen molar-refractivity contribution in [3.8, 4) is 0 Å². The van der Waals surface area contributed by atoms with E-state index in [9.17, 15) is 0 Å². The number of fused-ring (bicyclic) bond motifs is 1. The standard InChI is InChI=1S/C16H29N3S/c1-4-6-11-19(12-7-5-2)16-18-15-13(17-3)9-8-10-14(15)20-16/h13,17H,4-12H2,1-3H3. The molecule has 0 bridgehead atoms. The highest BCUT2D eigenvalue weighted by molar-refractivity contribution is 7.15. The van der Waals surface area contributed by atoms with Gasteiger partial charge in [-0.1, -0.05) is 26.7 Å². The van der Waals surface area contributed by atoms with Gasteiger partial charge in [-0.15, -0.1) is 11.3 Å². The Morgan fingerprint density at radius 1 is 1.25 bits per heavy atom. The van der Waals surface area contributed by atoms with Crippen LogP contribution >= 0.6 is 11.3 Å². The summed E-state index contributed by atoms with van der Waals surface area (Å²) in [5, 5.41) is 4.69. The van der Waals surface area contributed by atoms with Crippen LogP contribution in [-0.2, 0) is 6.42 Å². The van der Waals surface area contributed by atoms with Gasteiger partial charge in [0.25, 0.3) is 0 Å². The lowest BCUT2D eigenvalue weighted by Crippen LogP contribution is -2.26. The van der Waals surface area contributed by atoms with Gasteiger partial charge in [-0.05, 0) is 39.2 Å². The quantitative estimate of drug-likeness (QED) is 0.781. The summed E-state index contributed by atoms with van der Waals surface area (Å²) in [5.74, 6) is 0. The molecular formula is C16H29N3S. The number of aromatic nitrogens is 1. The second-order valence-corrected chi connectivity index (χ2v) is 6.79. The molecule has 2 rings (SSSR count). The lowest BCUT2D eigenvalue weighted by molar-refractivity contribution is 0.489. The molecule has 0 saturated heterocycles.